The molecule has 1 heterocycles. The molecular formula is C49H89F3N4O3. The predicted molar refractivity (Wildman–Crippen MR) is 250 cm³/mol. The molecule has 0 aliphatic carbocycles. The molecule has 0 amide bonds. The summed E-state index contributed by atoms with van der Waals surface area (Å²) in [6.07, 6.45) is 16.5. The van der Waals surface area contributed by atoms with Crippen molar-refractivity contribution in [1.82, 2.24) is 10.6 Å². The first kappa shape index (κ1) is 60.2. The van der Waals surface area contributed by atoms with Gasteiger partial charge in [-0.15, -0.1) is 0 Å². The summed E-state index contributed by atoms with van der Waals surface area (Å²) in [6.45, 7) is 27.1. The molecule has 10 heteroatoms. The molecule has 0 bridgehead atoms. The molecule has 2 unspecified atom stereocenters. The molecule has 3 rings (SSSR count). The van der Waals surface area contributed by atoms with E-state index in [4.69, 9.17) is 10.8 Å². The van der Waals surface area contributed by atoms with E-state index in [1.54, 1.807) is 0 Å². The molecule has 6 N–H and O–H groups in total. The fourth-order valence-electron chi connectivity index (χ4n) is 6.65. The highest BCUT2D eigenvalue weighted by Crippen LogP contribution is 2.38. The average molecular weight is 839 g/mol. The van der Waals surface area contributed by atoms with Crippen LogP contribution < -0.4 is 21.7 Å². The minimum absolute atomic E-state index is 0.319. The number of carbonyl (C=O) groups excluding carboxylic acids is 2. The van der Waals surface area contributed by atoms with Gasteiger partial charge in [0.25, 0.3) is 0 Å². The number of phenols is 1. The molecule has 0 saturated carbocycles. The number of hydrogen-bond acceptors (Lipinski definition) is 7. The normalized spacial score (nSPS) is 13.2. The summed E-state index contributed by atoms with van der Waals surface area (Å²) >= 11 is 0. The van der Waals surface area contributed by atoms with Crippen LogP contribution in [0, 0.1) is 24.7 Å². The average Bonchev–Trinajstić information content (AvgIpc) is 3.22. The Bertz CT molecular complexity index is 1250. The third-order valence-corrected chi connectivity index (χ3v) is 9.87. The van der Waals surface area contributed by atoms with Crippen molar-refractivity contribution in [3.63, 3.8) is 0 Å². The molecule has 344 valence electrons. The highest BCUT2D eigenvalue weighted by atomic mass is 19.4. The number of hydrogen-bond donors (Lipinski definition) is 5. The van der Waals surface area contributed by atoms with Gasteiger partial charge in [0.05, 0.1) is 17.8 Å². The van der Waals surface area contributed by atoms with Crippen molar-refractivity contribution >= 4 is 23.9 Å². The Morgan fingerprint density at radius 1 is 0.847 bits per heavy atom. The van der Waals surface area contributed by atoms with Gasteiger partial charge in [-0.2, -0.15) is 13.2 Å². The first-order valence-electron chi connectivity index (χ1n) is 23.0. The Balaban J connectivity index is -0.000000699. The zero-order chi connectivity index (χ0) is 45.5. The van der Waals surface area contributed by atoms with Gasteiger partial charge in [0.2, 0.25) is 0 Å². The SMILES string of the molecule is CC.CCCC(CCC(C)C)C1CCNCC1.CCCC=O.CCCCCC(CCC)Nc1ccccc1CC.CCNCC=O.Cc1cc(O)c(N)c(C(F)(F)F)c1. The zero-order valence-corrected chi connectivity index (χ0v) is 39.3. The smallest absolute Gasteiger partial charge is 0.418 e. The first-order valence-corrected chi connectivity index (χ1v) is 23.0. The number of rotatable bonds is 20. The number of anilines is 2. The summed E-state index contributed by atoms with van der Waals surface area (Å²) in [7, 11) is 0. The summed E-state index contributed by atoms with van der Waals surface area (Å²) < 4.78 is 36.7. The molecule has 1 fully saturated rings. The lowest BCUT2D eigenvalue weighted by molar-refractivity contribution is -0.137. The first-order chi connectivity index (χ1) is 28.2. The number of nitrogen functional groups attached to an aromatic ring is 1. The van der Waals surface area contributed by atoms with Crippen LogP contribution in [0.2, 0.25) is 0 Å². The summed E-state index contributed by atoms with van der Waals surface area (Å²) in [4.78, 5) is 18.9. The van der Waals surface area contributed by atoms with Crippen molar-refractivity contribution in [2.24, 2.45) is 17.8 Å². The van der Waals surface area contributed by atoms with Crippen LogP contribution in [0.25, 0.3) is 0 Å². The van der Waals surface area contributed by atoms with Crippen LogP contribution in [0.5, 0.6) is 5.75 Å². The van der Waals surface area contributed by atoms with Crippen LogP contribution in [-0.2, 0) is 22.2 Å². The van der Waals surface area contributed by atoms with Crippen LogP contribution >= 0.6 is 0 Å². The third kappa shape index (κ3) is 32.4. The van der Waals surface area contributed by atoms with E-state index < -0.39 is 23.2 Å². The van der Waals surface area contributed by atoms with Gasteiger partial charge in [-0.05, 0) is 119 Å². The van der Waals surface area contributed by atoms with E-state index in [2.05, 4.69) is 81.8 Å². The lowest BCUT2D eigenvalue weighted by atomic mass is 9.79. The number of nitrogens with two attached hydrogens (primary N) is 1. The quantitative estimate of drug-likeness (QED) is 0.0390. The second kappa shape index (κ2) is 40.3. The van der Waals surface area contributed by atoms with E-state index in [0.717, 1.165) is 55.8 Å². The molecule has 2 aromatic rings. The van der Waals surface area contributed by atoms with Crippen molar-refractivity contribution < 1.29 is 27.9 Å². The van der Waals surface area contributed by atoms with E-state index in [1.807, 2.05) is 27.7 Å². The van der Waals surface area contributed by atoms with Gasteiger partial charge in [-0.1, -0.05) is 132 Å². The molecule has 2 aromatic carbocycles. The number of carbonyl (C=O) groups is 2. The fraction of sp³-hybridized carbons (Fsp3) is 0.714. The summed E-state index contributed by atoms with van der Waals surface area (Å²) in [5.41, 5.74) is 6.55. The van der Waals surface area contributed by atoms with E-state index in [-0.39, 0.29) is 0 Å². The van der Waals surface area contributed by atoms with Crippen LogP contribution in [0.15, 0.2) is 36.4 Å². The van der Waals surface area contributed by atoms with Gasteiger partial charge in [-0.3, -0.25) is 0 Å². The van der Waals surface area contributed by atoms with Gasteiger partial charge in [0, 0.05) is 18.2 Å². The minimum atomic E-state index is -4.52. The molecule has 2 atom stereocenters. The number of likely N-dealkylation sites (N-methyl/N-ethyl adjacent to an activating group) is 1. The van der Waals surface area contributed by atoms with Crippen molar-refractivity contribution in [2.75, 3.05) is 37.2 Å². The number of phenolic OH excluding ortho intramolecular Hbond substituents is 1. The van der Waals surface area contributed by atoms with Gasteiger partial charge in [0.15, 0.2) is 0 Å². The number of aryl methyl sites for hydroxylation is 2. The highest BCUT2D eigenvalue weighted by molar-refractivity contribution is 5.60. The Morgan fingerprint density at radius 2 is 1.47 bits per heavy atom. The van der Waals surface area contributed by atoms with Crippen LogP contribution in [0.3, 0.4) is 0 Å². The number of unbranched alkanes of at least 4 members (excludes halogenated alkanes) is 3. The zero-order valence-electron chi connectivity index (χ0n) is 39.3. The number of halogens is 3. The van der Waals surface area contributed by atoms with Gasteiger partial charge in [-0.25, -0.2) is 0 Å². The second-order valence-corrected chi connectivity index (χ2v) is 15.4. The number of para-hydroxylation sites is 1. The number of benzene rings is 2. The lowest BCUT2D eigenvalue weighted by Gasteiger charge is -2.31. The largest absolute Gasteiger partial charge is 0.506 e. The van der Waals surface area contributed by atoms with Crippen molar-refractivity contribution in [1.29, 1.82) is 0 Å². The van der Waals surface area contributed by atoms with E-state index in [0.29, 0.717) is 24.6 Å². The third-order valence-electron chi connectivity index (χ3n) is 9.87. The summed E-state index contributed by atoms with van der Waals surface area (Å²) in [5.74, 6) is 2.38. The Kier molecular flexibility index (Phi) is 41.1. The molecule has 59 heavy (non-hydrogen) atoms. The molecule has 0 radical (unpaired) electrons. The Hall–Kier alpha value is -3.11. The van der Waals surface area contributed by atoms with Crippen LogP contribution in [0.1, 0.15) is 176 Å². The molecular weight excluding hydrogens is 750 g/mol. The summed E-state index contributed by atoms with van der Waals surface area (Å²) in [6, 6.07) is 11.5. The van der Waals surface area contributed by atoms with Crippen LogP contribution in [0.4, 0.5) is 24.5 Å². The Morgan fingerprint density at radius 3 is 1.93 bits per heavy atom. The Labute approximate surface area is 360 Å². The van der Waals surface area contributed by atoms with Crippen molar-refractivity contribution in [3.8, 4) is 5.75 Å². The number of alkyl halides is 3. The number of nitrogens with one attached hydrogen (secondary N) is 3. The maximum absolute atomic E-state index is 12.2. The number of aromatic hydroxyl groups is 1. The van der Waals surface area contributed by atoms with Crippen molar-refractivity contribution in [2.45, 2.75) is 185 Å². The number of piperidine rings is 1. The van der Waals surface area contributed by atoms with Gasteiger partial charge >= 0.3 is 6.18 Å². The lowest BCUT2D eigenvalue weighted by Crippen LogP contribution is -2.31. The fourth-order valence-corrected chi connectivity index (χ4v) is 6.65. The van der Waals surface area contributed by atoms with E-state index in [9.17, 15) is 22.8 Å². The minimum Gasteiger partial charge on any atom is -0.506 e. The molecule has 0 aromatic heterocycles. The molecule has 7 nitrogen and oxygen atoms in total. The van der Waals surface area contributed by atoms with E-state index >= 15 is 0 Å². The predicted octanol–water partition coefficient (Wildman–Crippen LogP) is 13.4. The monoisotopic (exact) mass is 839 g/mol. The van der Waals surface area contributed by atoms with E-state index in [1.165, 1.54) is 114 Å². The van der Waals surface area contributed by atoms with Gasteiger partial charge < -0.3 is 36.4 Å². The molecule has 1 aliphatic heterocycles. The maximum Gasteiger partial charge on any atom is 0.418 e. The molecule has 1 aliphatic rings. The topological polar surface area (TPSA) is 116 Å². The highest BCUT2D eigenvalue weighted by Gasteiger charge is 2.34. The second-order valence-electron chi connectivity index (χ2n) is 15.4. The van der Waals surface area contributed by atoms with Crippen molar-refractivity contribution in [3.05, 3.63) is 53.1 Å². The standard InChI is InChI=1S/C17H29N.C14H29N.C8H8F3NO.C4H9NO.C4H8O.C2H6/c1-4-7-8-13-16(11-5-2)18-17-14-10-9-12-15(17)6-3;1-4-5-13(7-6-12(2)3)14-8-10-15-11-9-14;1-4-2-5(8(9,10)11)7(12)6(13)3-4;1-2-5-3-4-6;1-2-3-4-5;1-2/h9-10,12,14,16,18H,4-8,11,13H2,1-3H3;12-15H,4-11H2,1-3H3;2-3,13H,12H2,1H3;4-5H,2-3H2,1H3;4H,2-3H2,1H3;1-2H3. The maximum atomic E-state index is 12.2. The van der Waals surface area contributed by atoms with Gasteiger partial charge in [0.1, 0.15) is 18.3 Å². The van der Waals surface area contributed by atoms with Crippen LogP contribution in [-0.4, -0.2) is 49.9 Å². The molecule has 0 spiro atoms. The molecule has 1 saturated heterocycles. The number of aldehydes is 2. The summed E-state index contributed by atoms with van der Waals surface area (Å²) in [5, 5.41) is 19.1.